The highest BCUT2D eigenvalue weighted by atomic mass is 16.4. The molecule has 0 unspecified atom stereocenters. The number of likely N-dealkylation sites (N-methyl/N-ethyl adjacent to an activating group) is 1. The summed E-state index contributed by atoms with van der Waals surface area (Å²) in [5.74, 6) is -1.36. The third kappa shape index (κ3) is 2.60. The van der Waals surface area contributed by atoms with Crippen molar-refractivity contribution in [2.24, 2.45) is 0 Å². The van der Waals surface area contributed by atoms with Gasteiger partial charge in [0.1, 0.15) is 11.3 Å². The van der Waals surface area contributed by atoms with Gasteiger partial charge in [-0.15, -0.1) is 0 Å². The maximum Gasteiger partial charge on any atom is 0.339 e. The van der Waals surface area contributed by atoms with Crippen LogP contribution < -0.4 is 0 Å². The van der Waals surface area contributed by atoms with Crippen LogP contribution in [0.15, 0.2) is 6.20 Å². The summed E-state index contributed by atoms with van der Waals surface area (Å²) in [7, 11) is 2.00. The number of piperazine rings is 1. The van der Waals surface area contributed by atoms with Gasteiger partial charge in [0.15, 0.2) is 0 Å². The number of nitrogens with zero attached hydrogens (tertiary/aromatic N) is 4. The maximum absolute atomic E-state index is 12.5. The zero-order valence-corrected chi connectivity index (χ0v) is 11.2. The molecule has 0 spiro atoms. The highest BCUT2D eigenvalue weighted by Crippen LogP contribution is 2.13. The lowest BCUT2D eigenvalue weighted by Crippen LogP contribution is -2.47. The molecule has 0 aliphatic carbocycles. The van der Waals surface area contributed by atoms with E-state index in [1.54, 1.807) is 4.90 Å². The van der Waals surface area contributed by atoms with Crippen LogP contribution in [0.4, 0.5) is 0 Å². The summed E-state index contributed by atoms with van der Waals surface area (Å²) >= 11 is 0. The van der Waals surface area contributed by atoms with Gasteiger partial charge in [0.25, 0.3) is 5.91 Å². The molecule has 1 aromatic rings. The predicted molar refractivity (Wildman–Crippen MR) is 68.3 cm³/mol. The average molecular weight is 266 g/mol. The number of carboxylic acid groups (broad SMARTS) is 1. The quantitative estimate of drug-likeness (QED) is 0.832. The third-order valence-electron chi connectivity index (χ3n) is 3.36. The molecular weight excluding hydrogens is 248 g/mol. The Morgan fingerprint density at radius 2 is 1.95 bits per heavy atom. The van der Waals surface area contributed by atoms with E-state index in [0.717, 1.165) is 13.1 Å². The van der Waals surface area contributed by atoms with Crippen molar-refractivity contribution in [2.45, 2.75) is 13.5 Å². The second-order valence-electron chi connectivity index (χ2n) is 4.62. The van der Waals surface area contributed by atoms with Crippen LogP contribution >= 0.6 is 0 Å². The van der Waals surface area contributed by atoms with Crippen LogP contribution in [0.3, 0.4) is 0 Å². The van der Waals surface area contributed by atoms with Gasteiger partial charge in [0.05, 0.1) is 6.20 Å². The molecule has 7 nitrogen and oxygen atoms in total. The molecule has 1 fully saturated rings. The largest absolute Gasteiger partial charge is 0.478 e. The molecule has 0 bridgehead atoms. The minimum absolute atomic E-state index is 0.0224. The van der Waals surface area contributed by atoms with E-state index in [-0.39, 0.29) is 17.2 Å². The van der Waals surface area contributed by atoms with E-state index in [9.17, 15) is 9.59 Å². The number of carboxylic acids is 1. The molecule has 0 saturated carbocycles. The number of carbonyl (C=O) groups is 2. The fraction of sp³-hybridized carbons (Fsp3) is 0.583. The van der Waals surface area contributed by atoms with Crippen LogP contribution in [0.2, 0.25) is 0 Å². The van der Waals surface area contributed by atoms with E-state index in [4.69, 9.17) is 5.11 Å². The molecule has 2 rings (SSSR count). The van der Waals surface area contributed by atoms with Gasteiger partial charge in [0, 0.05) is 32.7 Å². The van der Waals surface area contributed by atoms with Crippen molar-refractivity contribution in [3.8, 4) is 0 Å². The number of amides is 1. The minimum Gasteiger partial charge on any atom is -0.478 e. The predicted octanol–water partition coefficient (Wildman–Crippen LogP) is -0.0112. The summed E-state index contributed by atoms with van der Waals surface area (Å²) in [4.78, 5) is 27.4. The second-order valence-corrected chi connectivity index (χ2v) is 4.62. The summed E-state index contributed by atoms with van der Waals surface area (Å²) in [6.07, 6.45) is 1.25. The van der Waals surface area contributed by atoms with Crippen molar-refractivity contribution >= 4 is 11.9 Å². The number of rotatable bonds is 3. The molecule has 1 N–H and O–H groups in total. The Hall–Kier alpha value is -1.89. The van der Waals surface area contributed by atoms with Gasteiger partial charge in [-0.25, -0.2) is 4.79 Å². The highest BCUT2D eigenvalue weighted by Gasteiger charge is 2.28. The number of aromatic carboxylic acids is 1. The summed E-state index contributed by atoms with van der Waals surface area (Å²) in [5.41, 5.74) is 0.158. The first-order valence-corrected chi connectivity index (χ1v) is 6.31. The molecule has 19 heavy (non-hydrogen) atoms. The Labute approximate surface area is 111 Å². The van der Waals surface area contributed by atoms with Crippen LogP contribution in [0.1, 0.15) is 27.8 Å². The number of carbonyl (C=O) groups excluding carboxylic acids is 1. The van der Waals surface area contributed by atoms with E-state index >= 15 is 0 Å². The summed E-state index contributed by atoms with van der Waals surface area (Å²) in [6, 6.07) is 0. The van der Waals surface area contributed by atoms with Crippen molar-refractivity contribution in [1.29, 1.82) is 0 Å². The Kier molecular flexibility index (Phi) is 3.84. The van der Waals surface area contributed by atoms with Gasteiger partial charge in [-0.05, 0) is 14.0 Å². The smallest absolute Gasteiger partial charge is 0.339 e. The molecule has 1 aliphatic heterocycles. The highest BCUT2D eigenvalue weighted by molar-refractivity contribution is 6.03. The third-order valence-corrected chi connectivity index (χ3v) is 3.36. The standard InChI is InChI=1S/C12H18N4O3/c1-3-16-10(9(8-13-16)12(18)19)11(17)15-6-4-14(2)5-7-15/h8H,3-7H2,1-2H3,(H,18,19). The van der Waals surface area contributed by atoms with E-state index < -0.39 is 5.97 Å². The van der Waals surface area contributed by atoms with Gasteiger partial charge in [-0.2, -0.15) is 5.10 Å². The second kappa shape index (κ2) is 5.40. The zero-order chi connectivity index (χ0) is 14.0. The monoisotopic (exact) mass is 266 g/mol. The molecule has 0 atom stereocenters. The number of aromatic nitrogens is 2. The molecule has 0 aromatic carbocycles. The molecule has 1 saturated heterocycles. The Balaban J connectivity index is 2.27. The number of aryl methyl sites for hydroxylation is 1. The zero-order valence-electron chi connectivity index (χ0n) is 11.2. The molecule has 1 aliphatic rings. The first-order valence-electron chi connectivity index (χ1n) is 6.31. The van der Waals surface area contributed by atoms with Crippen molar-refractivity contribution in [2.75, 3.05) is 33.2 Å². The van der Waals surface area contributed by atoms with E-state index in [0.29, 0.717) is 19.6 Å². The van der Waals surface area contributed by atoms with Gasteiger partial charge in [-0.3, -0.25) is 9.48 Å². The molecule has 7 heteroatoms. The van der Waals surface area contributed by atoms with E-state index in [2.05, 4.69) is 10.00 Å². The van der Waals surface area contributed by atoms with Gasteiger partial charge in [0.2, 0.25) is 0 Å². The summed E-state index contributed by atoms with van der Waals surface area (Å²) < 4.78 is 1.45. The lowest BCUT2D eigenvalue weighted by Gasteiger charge is -2.32. The molecule has 2 heterocycles. The van der Waals surface area contributed by atoms with Crippen molar-refractivity contribution in [3.05, 3.63) is 17.5 Å². The molecule has 0 radical (unpaired) electrons. The molecule has 1 aromatic heterocycles. The van der Waals surface area contributed by atoms with E-state index in [1.165, 1.54) is 10.9 Å². The lowest BCUT2D eigenvalue weighted by molar-refractivity contribution is 0.0626. The average Bonchev–Trinajstić information content (AvgIpc) is 2.82. The number of hydrogen-bond acceptors (Lipinski definition) is 4. The topological polar surface area (TPSA) is 78.7 Å². The van der Waals surface area contributed by atoms with Crippen LogP contribution in [0.25, 0.3) is 0 Å². The summed E-state index contributed by atoms with van der Waals surface area (Å²) in [5, 5.41) is 13.1. The Morgan fingerprint density at radius 1 is 1.32 bits per heavy atom. The first kappa shape index (κ1) is 13.5. The van der Waals surface area contributed by atoms with E-state index in [1.807, 2.05) is 14.0 Å². The Morgan fingerprint density at radius 3 is 2.47 bits per heavy atom. The fourth-order valence-corrected chi connectivity index (χ4v) is 2.17. The van der Waals surface area contributed by atoms with Crippen LogP contribution in [0.5, 0.6) is 0 Å². The Bertz CT molecular complexity index is 489. The SMILES string of the molecule is CCn1ncc(C(=O)O)c1C(=O)N1CCN(C)CC1. The van der Waals surface area contributed by atoms with Gasteiger partial charge in [-0.1, -0.05) is 0 Å². The van der Waals surface area contributed by atoms with Gasteiger partial charge < -0.3 is 14.9 Å². The minimum atomic E-state index is -1.11. The van der Waals surface area contributed by atoms with Crippen LogP contribution in [-0.4, -0.2) is 69.8 Å². The first-order chi connectivity index (χ1) is 9.04. The van der Waals surface area contributed by atoms with Crippen molar-refractivity contribution in [1.82, 2.24) is 19.6 Å². The molecule has 1 amide bonds. The normalized spacial score (nSPS) is 16.6. The van der Waals surface area contributed by atoms with Crippen molar-refractivity contribution in [3.63, 3.8) is 0 Å². The van der Waals surface area contributed by atoms with Gasteiger partial charge >= 0.3 is 5.97 Å². The maximum atomic E-state index is 12.5. The molecular formula is C12H18N4O3. The van der Waals surface area contributed by atoms with Crippen LogP contribution in [-0.2, 0) is 6.54 Å². The summed E-state index contributed by atoms with van der Waals surface area (Å²) in [6.45, 7) is 5.14. The van der Waals surface area contributed by atoms with Crippen molar-refractivity contribution < 1.29 is 14.7 Å². The lowest BCUT2D eigenvalue weighted by atomic mass is 10.2. The fourth-order valence-electron chi connectivity index (χ4n) is 2.17. The number of hydrogen-bond donors (Lipinski definition) is 1. The molecule has 104 valence electrons. The van der Waals surface area contributed by atoms with Crippen LogP contribution in [0, 0.1) is 0 Å².